The van der Waals surface area contributed by atoms with E-state index in [2.05, 4.69) is 27.3 Å². The van der Waals surface area contributed by atoms with Gasteiger partial charge in [0.2, 0.25) is 0 Å². The summed E-state index contributed by atoms with van der Waals surface area (Å²) in [6, 6.07) is 13.1. The molecule has 0 spiro atoms. The molecule has 0 fully saturated rings. The van der Waals surface area contributed by atoms with E-state index in [-0.39, 0.29) is 11.9 Å². The van der Waals surface area contributed by atoms with E-state index in [1.54, 1.807) is 12.1 Å². The van der Waals surface area contributed by atoms with Crippen LogP contribution in [-0.4, -0.2) is 0 Å². The second kappa shape index (κ2) is 4.15. The standard InChI is InChI=1S/C14H11BrFN/c15-12-6-2-4-10-8-13(17-14(10)12)9-3-1-5-11(16)7-9/h1-7,13,17H,8H2. The van der Waals surface area contributed by atoms with Crippen molar-refractivity contribution >= 4 is 21.6 Å². The molecule has 0 saturated heterocycles. The molecule has 1 nitrogen and oxygen atoms in total. The normalized spacial score (nSPS) is 17.6. The molecule has 2 aromatic carbocycles. The first-order valence-corrected chi connectivity index (χ1v) is 6.33. The summed E-state index contributed by atoms with van der Waals surface area (Å²) >= 11 is 3.53. The molecule has 1 N–H and O–H groups in total. The number of halogens is 2. The van der Waals surface area contributed by atoms with Crippen molar-refractivity contribution in [1.82, 2.24) is 0 Å². The Morgan fingerprint density at radius 2 is 2.00 bits per heavy atom. The third-order valence-electron chi connectivity index (χ3n) is 3.09. The zero-order valence-corrected chi connectivity index (χ0v) is 10.7. The van der Waals surface area contributed by atoms with Crippen molar-refractivity contribution in [2.24, 2.45) is 0 Å². The number of hydrogen-bond acceptors (Lipinski definition) is 1. The van der Waals surface area contributed by atoms with E-state index >= 15 is 0 Å². The lowest BCUT2D eigenvalue weighted by Gasteiger charge is -2.12. The molecule has 0 aromatic heterocycles. The number of benzene rings is 2. The number of fused-ring (bicyclic) bond motifs is 1. The number of rotatable bonds is 1. The summed E-state index contributed by atoms with van der Waals surface area (Å²) in [5, 5.41) is 3.43. The third kappa shape index (κ3) is 1.95. The molecule has 1 heterocycles. The molecule has 86 valence electrons. The van der Waals surface area contributed by atoms with Crippen molar-refractivity contribution < 1.29 is 4.39 Å². The van der Waals surface area contributed by atoms with Crippen molar-refractivity contribution in [3.63, 3.8) is 0 Å². The van der Waals surface area contributed by atoms with Crippen LogP contribution in [0.2, 0.25) is 0 Å². The van der Waals surface area contributed by atoms with E-state index in [0.717, 1.165) is 22.1 Å². The fraction of sp³-hybridized carbons (Fsp3) is 0.143. The zero-order chi connectivity index (χ0) is 11.8. The maximum absolute atomic E-state index is 13.2. The van der Waals surface area contributed by atoms with Gasteiger partial charge in [0, 0.05) is 4.47 Å². The summed E-state index contributed by atoms with van der Waals surface area (Å²) in [5.41, 5.74) is 3.39. The van der Waals surface area contributed by atoms with Crippen LogP contribution in [0.25, 0.3) is 0 Å². The molecule has 1 aliphatic heterocycles. The van der Waals surface area contributed by atoms with Crippen LogP contribution in [0.4, 0.5) is 10.1 Å². The van der Waals surface area contributed by atoms with E-state index in [1.807, 2.05) is 18.2 Å². The van der Waals surface area contributed by atoms with Gasteiger partial charge in [-0.1, -0.05) is 24.3 Å². The number of nitrogens with one attached hydrogen (secondary N) is 1. The lowest BCUT2D eigenvalue weighted by molar-refractivity contribution is 0.623. The quantitative estimate of drug-likeness (QED) is 0.826. The molecule has 2 aromatic rings. The first-order chi connectivity index (χ1) is 8.24. The van der Waals surface area contributed by atoms with Crippen LogP contribution < -0.4 is 5.32 Å². The summed E-state index contributed by atoms with van der Waals surface area (Å²) < 4.78 is 14.3. The van der Waals surface area contributed by atoms with E-state index in [9.17, 15) is 4.39 Å². The Kier molecular flexibility index (Phi) is 2.63. The predicted octanol–water partition coefficient (Wildman–Crippen LogP) is 4.30. The first kappa shape index (κ1) is 10.8. The van der Waals surface area contributed by atoms with Gasteiger partial charge in [0.15, 0.2) is 0 Å². The van der Waals surface area contributed by atoms with Gasteiger partial charge in [0.25, 0.3) is 0 Å². The van der Waals surface area contributed by atoms with Gasteiger partial charge in [-0.25, -0.2) is 4.39 Å². The molecular formula is C14H11BrFN. The van der Waals surface area contributed by atoms with Crippen LogP contribution in [0.1, 0.15) is 17.2 Å². The monoisotopic (exact) mass is 291 g/mol. The van der Waals surface area contributed by atoms with Crippen molar-refractivity contribution in [3.05, 3.63) is 63.9 Å². The molecule has 0 aliphatic carbocycles. The molecule has 1 atom stereocenters. The van der Waals surface area contributed by atoms with Gasteiger partial charge < -0.3 is 5.32 Å². The Bertz CT molecular complexity index is 568. The Hall–Kier alpha value is -1.35. The van der Waals surface area contributed by atoms with E-state index in [0.29, 0.717) is 0 Å². The van der Waals surface area contributed by atoms with Crippen molar-refractivity contribution in [1.29, 1.82) is 0 Å². The minimum Gasteiger partial charge on any atom is -0.377 e. The predicted molar refractivity (Wildman–Crippen MR) is 70.6 cm³/mol. The molecule has 0 saturated carbocycles. The minimum absolute atomic E-state index is 0.166. The summed E-state index contributed by atoms with van der Waals surface area (Å²) in [7, 11) is 0. The summed E-state index contributed by atoms with van der Waals surface area (Å²) in [4.78, 5) is 0. The molecule has 3 heteroatoms. The van der Waals surface area contributed by atoms with Gasteiger partial charge in [0.05, 0.1) is 11.7 Å². The smallest absolute Gasteiger partial charge is 0.123 e. The molecule has 0 radical (unpaired) electrons. The zero-order valence-electron chi connectivity index (χ0n) is 9.08. The SMILES string of the molecule is Fc1cccc(C2Cc3cccc(Br)c3N2)c1. The van der Waals surface area contributed by atoms with Gasteiger partial charge in [-0.15, -0.1) is 0 Å². The first-order valence-electron chi connectivity index (χ1n) is 5.53. The Morgan fingerprint density at radius 1 is 1.18 bits per heavy atom. The van der Waals surface area contributed by atoms with Crippen molar-refractivity contribution in [2.45, 2.75) is 12.5 Å². The molecule has 0 bridgehead atoms. The highest BCUT2D eigenvalue weighted by atomic mass is 79.9. The van der Waals surface area contributed by atoms with Gasteiger partial charge in [-0.2, -0.15) is 0 Å². The molecule has 17 heavy (non-hydrogen) atoms. The second-order valence-corrected chi connectivity index (χ2v) is 5.08. The van der Waals surface area contributed by atoms with Gasteiger partial charge in [-0.05, 0) is 51.7 Å². The fourth-order valence-corrected chi connectivity index (χ4v) is 2.79. The van der Waals surface area contributed by atoms with Crippen LogP contribution in [0.5, 0.6) is 0 Å². The average molecular weight is 292 g/mol. The van der Waals surface area contributed by atoms with Gasteiger partial charge in [-0.3, -0.25) is 0 Å². The molecular weight excluding hydrogens is 281 g/mol. The maximum atomic E-state index is 13.2. The van der Waals surface area contributed by atoms with Gasteiger partial charge >= 0.3 is 0 Å². The Morgan fingerprint density at radius 3 is 2.76 bits per heavy atom. The molecule has 0 amide bonds. The number of anilines is 1. The average Bonchev–Trinajstić information content (AvgIpc) is 2.74. The van der Waals surface area contributed by atoms with Gasteiger partial charge in [0.1, 0.15) is 5.82 Å². The lowest BCUT2D eigenvalue weighted by atomic mass is 10.0. The highest BCUT2D eigenvalue weighted by Crippen LogP contribution is 2.38. The number of hydrogen-bond donors (Lipinski definition) is 1. The molecule has 3 rings (SSSR count). The fourth-order valence-electron chi connectivity index (χ4n) is 2.27. The van der Waals surface area contributed by atoms with Crippen molar-refractivity contribution in [2.75, 3.05) is 5.32 Å². The third-order valence-corrected chi connectivity index (χ3v) is 3.75. The largest absolute Gasteiger partial charge is 0.377 e. The van der Waals surface area contributed by atoms with Crippen LogP contribution in [0.3, 0.4) is 0 Å². The van der Waals surface area contributed by atoms with E-state index in [4.69, 9.17) is 0 Å². The van der Waals surface area contributed by atoms with Crippen LogP contribution in [-0.2, 0) is 6.42 Å². The molecule has 1 aliphatic rings. The Balaban J connectivity index is 1.94. The summed E-state index contributed by atoms with van der Waals surface area (Å²) in [6.45, 7) is 0. The summed E-state index contributed by atoms with van der Waals surface area (Å²) in [5.74, 6) is -0.181. The van der Waals surface area contributed by atoms with Crippen LogP contribution in [0, 0.1) is 5.82 Å². The highest BCUT2D eigenvalue weighted by Gasteiger charge is 2.23. The van der Waals surface area contributed by atoms with Crippen LogP contribution in [0.15, 0.2) is 46.9 Å². The highest BCUT2D eigenvalue weighted by molar-refractivity contribution is 9.10. The summed E-state index contributed by atoms with van der Waals surface area (Å²) in [6.07, 6.45) is 0.901. The van der Waals surface area contributed by atoms with Crippen molar-refractivity contribution in [3.8, 4) is 0 Å². The van der Waals surface area contributed by atoms with E-state index < -0.39 is 0 Å². The van der Waals surface area contributed by atoms with Crippen LogP contribution >= 0.6 is 15.9 Å². The number of para-hydroxylation sites is 1. The molecule has 1 unspecified atom stereocenters. The minimum atomic E-state index is -0.181. The van der Waals surface area contributed by atoms with E-state index in [1.165, 1.54) is 11.6 Å². The topological polar surface area (TPSA) is 12.0 Å². The lowest BCUT2D eigenvalue weighted by Crippen LogP contribution is -2.05. The Labute approximate surface area is 108 Å². The maximum Gasteiger partial charge on any atom is 0.123 e. The second-order valence-electron chi connectivity index (χ2n) is 4.23.